The smallest absolute Gasteiger partial charge is 0.206 e. The number of rotatable bonds is 4. The van der Waals surface area contributed by atoms with Crippen molar-refractivity contribution >= 4 is 33.4 Å². The highest BCUT2D eigenvalue weighted by Gasteiger charge is 2.14. The fourth-order valence-electron chi connectivity index (χ4n) is 0.431. The van der Waals surface area contributed by atoms with Crippen molar-refractivity contribution in [2.24, 2.45) is 0 Å². The van der Waals surface area contributed by atoms with Crippen molar-refractivity contribution < 1.29 is 8.42 Å². The minimum Gasteiger partial charge on any atom is -0.206 e. The monoisotopic (exact) mass is 217 g/mol. The molecule has 0 rings (SSSR count). The highest BCUT2D eigenvalue weighted by atomic mass is 35.5. The zero-order chi connectivity index (χ0) is 9.07. The summed E-state index contributed by atoms with van der Waals surface area (Å²) in [7, 11) is -3.38. The predicted octanol–water partition coefficient (Wildman–Crippen LogP) is 1.54. The van der Waals surface area contributed by atoms with Gasteiger partial charge in [0.15, 0.2) is 0 Å². The molecule has 0 atom stereocenters. The molecule has 0 aromatic carbocycles. The van der Waals surface area contributed by atoms with E-state index in [2.05, 4.69) is 6.58 Å². The van der Waals surface area contributed by atoms with Gasteiger partial charge in [0.1, 0.15) is 0 Å². The first-order chi connectivity index (χ1) is 4.89. The lowest BCUT2D eigenvalue weighted by atomic mass is 10.4. The average Bonchev–Trinajstić information content (AvgIpc) is 1.85. The number of hydrogen-bond donors (Lipinski definition) is 0. The molecule has 0 aromatic heterocycles. The van der Waals surface area contributed by atoms with Crippen LogP contribution in [-0.4, -0.2) is 24.4 Å². The van der Waals surface area contributed by atoms with Crippen molar-refractivity contribution in [2.45, 2.75) is 6.42 Å². The minimum absolute atomic E-state index is 0.282. The number of alkyl halides is 1. The molecule has 0 radical (unpaired) electrons. The van der Waals surface area contributed by atoms with E-state index < -0.39 is 10.0 Å². The summed E-state index contributed by atoms with van der Waals surface area (Å²) in [5.41, 5.74) is 0.282. The van der Waals surface area contributed by atoms with E-state index in [0.29, 0.717) is 16.1 Å². The molecule has 0 aliphatic heterocycles. The molecule has 0 aromatic rings. The Morgan fingerprint density at radius 2 is 2.09 bits per heavy atom. The van der Waals surface area contributed by atoms with Crippen LogP contribution in [0.25, 0.3) is 0 Å². The topological polar surface area (TPSA) is 37.4 Å². The van der Waals surface area contributed by atoms with E-state index in [1.165, 1.54) is 0 Å². The number of nitrogens with zero attached hydrogens (tertiary/aromatic N) is 1. The van der Waals surface area contributed by atoms with Crippen molar-refractivity contribution in [2.75, 3.05) is 12.1 Å². The van der Waals surface area contributed by atoms with Gasteiger partial charge < -0.3 is 0 Å². The summed E-state index contributed by atoms with van der Waals surface area (Å²) in [6, 6.07) is 0. The maximum absolute atomic E-state index is 10.7. The van der Waals surface area contributed by atoms with Gasteiger partial charge in [-0.25, -0.2) is 8.42 Å². The van der Waals surface area contributed by atoms with Gasteiger partial charge in [0.2, 0.25) is 10.0 Å². The van der Waals surface area contributed by atoms with Crippen LogP contribution in [0.1, 0.15) is 6.42 Å². The van der Waals surface area contributed by atoms with Crippen LogP contribution in [0.15, 0.2) is 12.3 Å². The fraction of sp³-hybridized carbons (Fsp3) is 0.600. The number of sulfonamides is 1. The van der Waals surface area contributed by atoms with Crippen molar-refractivity contribution in [3.63, 3.8) is 0 Å². The van der Waals surface area contributed by atoms with Crippen molar-refractivity contribution in [1.29, 1.82) is 0 Å². The average molecular weight is 218 g/mol. The molecular formula is C5H9Cl2NO2S. The first-order valence-electron chi connectivity index (χ1n) is 2.79. The van der Waals surface area contributed by atoms with E-state index in [9.17, 15) is 8.42 Å². The maximum atomic E-state index is 10.7. The highest BCUT2D eigenvalue weighted by molar-refractivity contribution is 7.89. The molecule has 6 heteroatoms. The summed E-state index contributed by atoms with van der Waals surface area (Å²) in [4.78, 5) is 0. The van der Waals surface area contributed by atoms with Gasteiger partial charge in [-0.15, -0.1) is 11.6 Å². The fourth-order valence-corrected chi connectivity index (χ4v) is 1.29. The third-order valence-corrected chi connectivity index (χ3v) is 2.94. The third-order valence-electron chi connectivity index (χ3n) is 0.923. The van der Waals surface area contributed by atoms with Crippen LogP contribution in [0.2, 0.25) is 0 Å². The first kappa shape index (κ1) is 11.1. The largest absolute Gasteiger partial charge is 0.245 e. The minimum atomic E-state index is -3.38. The van der Waals surface area contributed by atoms with Crippen molar-refractivity contribution in [3.05, 3.63) is 12.3 Å². The molecule has 0 saturated heterocycles. The molecule has 0 heterocycles. The van der Waals surface area contributed by atoms with Crippen LogP contribution >= 0.6 is 23.4 Å². The molecule has 11 heavy (non-hydrogen) atoms. The van der Waals surface area contributed by atoms with Gasteiger partial charge in [-0.1, -0.05) is 6.58 Å². The van der Waals surface area contributed by atoms with E-state index >= 15 is 0 Å². The Hall–Kier alpha value is 0.0700. The summed E-state index contributed by atoms with van der Waals surface area (Å²) >= 11 is 10.7. The molecule has 0 aliphatic carbocycles. The van der Waals surface area contributed by atoms with Gasteiger partial charge >= 0.3 is 0 Å². The lowest BCUT2D eigenvalue weighted by molar-refractivity contribution is 0.566. The summed E-state index contributed by atoms with van der Waals surface area (Å²) in [6.07, 6.45) is 1.36. The van der Waals surface area contributed by atoms with Crippen LogP contribution in [0.4, 0.5) is 0 Å². The summed E-state index contributed by atoms with van der Waals surface area (Å²) in [6.45, 7) is 3.44. The Morgan fingerprint density at radius 3 is 2.36 bits per heavy atom. The number of halogens is 2. The molecule has 66 valence electrons. The second kappa shape index (κ2) is 4.18. The van der Waals surface area contributed by atoms with E-state index in [1.54, 1.807) is 0 Å². The van der Waals surface area contributed by atoms with Gasteiger partial charge in [0.25, 0.3) is 0 Å². The zero-order valence-corrected chi connectivity index (χ0v) is 8.38. The molecule has 0 amide bonds. The predicted molar refractivity (Wildman–Crippen MR) is 47.0 cm³/mol. The Bertz CT molecular complexity index is 237. The SMILES string of the molecule is C=C(CCCl)N(Cl)S(C)(=O)=O. The summed E-state index contributed by atoms with van der Waals surface area (Å²) < 4.78 is 22.1. The summed E-state index contributed by atoms with van der Waals surface area (Å²) in [5.74, 6) is 0.303. The van der Waals surface area contributed by atoms with E-state index in [4.69, 9.17) is 23.4 Å². The second-order valence-electron chi connectivity index (χ2n) is 1.98. The van der Waals surface area contributed by atoms with Gasteiger partial charge in [-0.05, 0) is 0 Å². The normalized spacial score (nSPS) is 11.2. The van der Waals surface area contributed by atoms with E-state index in [1.807, 2.05) is 0 Å². The van der Waals surface area contributed by atoms with Gasteiger partial charge in [-0.3, -0.25) is 0 Å². The standard InChI is InChI=1S/C5H9Cl2NO2S/c1-5(3-4-6)8(7)11(2,9)10/h1,3-4H2,2H3. The van der Waals surface area contributed by atoms with Crippen LogP contribution in [0, 0.1) is 0 Å². The first-order valence-corrected chi connectivity index (χ1v) is 5.51. The molecule has 3 nitrogen and oxygen atoms in total. The molecule has 0 spiro atoms. The van der Waals surface area contributed by atoms with Crippen LogP contribution < -0.4 is 0 Å². The van der Waals surface area contributed by atoms with Gasteiger partial charge in [0, 0.05) is 29.8 Å². The Kier molecular flexibility index (Phi) is 4.21. The van der Waals surface area contributed by atoms with Crippen LogP contribution in [-0.2, 0) is 10.0 Å². The Morgan fingerprint density at radius 1 is 1.64 bits per heavy atom. The second-order valence-corrected chi connectivity index (χ2v) is 4.73. The molecule has 0 fully saturated rings. The molecule has 0 saturated carbocycles. The molecule has 0 N–H and O–H groups in total. The molecule has 0 aliphatic rings. The number of allylic oxidation sites excluding steroid dienone is 1. The summed E-state index contributed by atoms with van der Waals surface area (Å²) in [5, 5.41) is 0. The Labute approximate surface area is 76.7 Å². The van der Waals surface area contributed by atoms with Gasteiger partial charge in [0.05, 0.1) is 6.26 Å². The highest BCUT2D eigenvalue weighted by Crippen LogP contribution is 2.14. The lowest BCUT2D eigenvalue weighted by Gasteiger charge is -2.13. The number of hydrogen-bond acceptors (Lipinski definition) is 2. The van der Waals surface area contributed by atoms with Crippen molar-refractivity contribution in [1.82, 2.24) is 3.82 Å². The van der Waals surface area contributed by atoms with Crippen LogP contribution in [0.5, 0.6) is 0 Å². The van der Waals surface area contributed by atoms with Crippen LogP contribution in [0.3, 0.4) is 0 Å². The van der Waals surface area contributed by atoms with E-state index in [-0.39, 0.29) is 5.70 Å². The Balaban J connectivity index is 4.27. The zero-order valence-electron chi connectivity index (χ0n) is 6.05. The molecular weight excluding hydrogens is 209 g/mol. The lowest BCUT2D eigenvalue weighted by Crippen LogP contribution is -2.19. The van der Waals surface area contributed by atoms with Crippen molar-refractivity contribution in [3.8, 4) is 0 Å². The maximum Gasteiger partial charge on any atom is 0.245 e. The quantitative estimate of drug-likeness (QED) is 0.530. The third kappa shape index (κ3) is 3.84. The molecule has 0 unspecified atom stereocenters. The van der Waals surface area contributed by atoms with Gasteiger partial charge in [-0.2, -0.15) is 3.82 Å². The van der Waals surface area contributed by atoms with E-state index in [0.717, 1.165) is 6.26 Å². The molecule has 0 bridgehead atoms.